The molecule has 0 amide bonds. The van der Waals surface area contributed by atoms with Crippen LogP contribution in [-0.2, 0) is 13.1 Å². The number of nitriles is 1. The van der Waals surface area contributed by atoms with Crippen molar-refractivity contribution in [1.29, 1.82) is 5.26 Å². The highest BCUT2D eigenvalue weighted by atomic mass is 16.3. The van der Waals surface area contributed by atoms with E-state index in [1.165, 1.54) is 18.4 Å². The largest absolute Gasteiger partial charge is 0.468 e. The van der Waals surface area contributed by atoms with E-state index < -0.39 is 0 Å². The Morgan fingerprint density at radius 3 is 2.53 bits per heavy atom. The summed E-state index contributed by atoms with van der Waals surface area (Å²) in [6.07, 6.45) is 4.27. The van der Waals surface area contributed by atoms with Gasteiger partial charge < -0.3 is 4.42 Å². The van der Waals surface area contributed by atoms with E-state index in [0.29, 0.717) is 11.6 Å². The van der Waals surface area contributed by atoms with Gasteiger partial charge in [0, 0.05) is 12.6 Å². The quantitative estimate of drug-likeness (QED) is 0.819. The number of hydrogen-bond acceptors (Lipinski definition) is 3. The van der Waals surface area contributed by atoms with E-state index in [1.54, 1.807) is 6.26 Å². The molecule has 0 radical (unpaired) electrons. The van der Waals surface area contributed by atoms with Gasteiger partial charge in [0.1, 0.15) is 5.76 Å². The van der Waals surface area contributed by atoms with Crippen LogP contribution in [0.2, 0.25) is 0 Å². The van der Waals surface area contributed by atoms with Crippen LogP contribution >= 0.6 is 0 Å². The molecule has 1 aromatic carbocycles. The number of hydrogen-bond donors (Lipinski definition) is 0. The van der Waals surface area contributed by atoms with Crippen molar-refractivity contribution < 1.29 is 4.42 Å². The standard InChI is InChI=1S/C16H16N2O/c17-10-13-3-5-14(6-4-13)11-18(15-7-8-15)12-16-2-1-9-19-16/h1-6,9,15H,7-8,11-12H2. The van der Waals surface area contributed by atoms with E-state index in [2.05, 4.69) is 11.0 Å². The molecule has 1 fully saturated rings. The molecular formula is C16H16N2O. The molecule has 1 aliphatic rings. The lowest BCUT2D eigenvalue weighted by molar-refractivity contribution is 0.225. The fraction of sp³-hybridized carbons (Fsp3) is 0.312. The Bertz CT molecular complexity index is 562. The molecule has 0 saturated heterocycles. The molecule has 1 aromatic heterocycles. The van der Waals surface area contributed by atoms with Gasteiger partial charge in [-0.2, -0.15) is 5.26 Å². The number of rotatable bonds is 5. The predicted molar refractivity (Wildman–Crippen MR) is 72.1 cm³/mol. The summed E-state index contributed by atoms with van der Waals surface area (Å²) in [4.78, 5) is 2.44. The smallest absolute Gasteiger partial charge is 0.117 e. The Kier molecular flexibility index (Phi) is 3.35. The third-order valence-electron chi connectivity index (χ3n) is 3.47. The fourth-order valence-electron chi connectivity index (χ4n) is 2.28. The van der Waals surface area contributed by atoms with Crippen molar-refractivity contribution >= 4 is 0 Å². The second kappa shape index (κ2) is 5.29. The monoisotopic (exact) mass is 252 g/mol. The normalized spacial score (nSPS) is 14.5. The summed E-state index contributed by atoms with van der Waals surface area (Å²) in [7, 11) is 0. The van der Waals surface area contributed by atoms with E-state index in [0.717, 1.165) is 18.8 Å². The maximum absolute atomic E-state index is 8.81. The molecule has 3 nitrogen and oxygen atoms in total. The number of benzene rings is 1. The van der Waals surface area contributed by atoms with Crippen molar-refractivity contribution in [2.45, 2.75) is 32.0 Å². The van der Waals surface area contributed by atoms with Gasteiger partial charge in [0.25, 0.3) is 0 Å². The Labute approximate surface area is 113 Å². The minimum atomic E-state index is 0.681. The van der Waals surface area contributed by atoms with Crippen LogP contribution in [0.4, 0.5) is 0 Å². The molecule has 0 spiro atoms. The molecule has 1 saturated carbocycles. The first kappa shape index (κ1) is 12.0. The molecule has 3 rings (SSSR count). The van der Waals surface area contributed by atoms with Gasteiger partial charge in [-0.05, 0) is 42.7 Å². The minimum absolute atomic E-state index is 0.681. The van der Waals surface area contributed by atoms with Gasteiger partial charge in [0.05, 0.1) is 24.4 Å². The van der Waals surface area contributed by atoms with Crippen LogP contribution in [0, 0.1) is 11.3 Å². The van der Waals surface area contributed by atoms with Crippen LogP contribution in [0.1, 0.15) is 29.7 Å². The van der Waals surface area contributed by atoms with Gasteiger partial charge in [-0.3, -0.25) is 4.90 Å². The van der Waals surface area contributed by atoms with Crippen LogP contribution in [-0.4, -0.2) is 10.9 Å². The summed E-state index contributed by atoms with van der Waals surface area (Å²) in [5, 5.41) is 8.81. The summed E-state index contributed by atoms with van der Waals surface area (Å²) < 4.78 is 5.43. The molecular weight excluding hydrogens is 236 g/mol. The first-order chi connectivity index (χ1) is 9.35. The highest BCUT2D eigenvalue weighted by molar-refractivity contribution is 5.31. The zero-order valence-electron chi connectivity index (χ0n) is 10.7. The third kappa shape index (κ3) is 3.04. The van der Waals surface area contributed by atoms with Gasteiger partial charge in [-0.25, -0.2) is 0 Å². The van der Waals surface area contributed by atoms with E-state index in [9.17, 15) is 0 Å². The number of nitrogens with zero attached hydrogens (tertiary/aromatic N) is 2. The van der Waals surface area contributed by atoms with Crippen molar-refractivity contribution in [1.82, 2.24) is 4.90 Å². The Hall–Kier alpha value is -2.05. The van der Waals surface area contributed by atoms with E-state index in [4.69, 9.17) is 9.68 Å². The zero-order valence-corrected chi connectivity index (χ0v) is 10.7. The topological polar surface area (TPSA) is 40.2 Å². The lowest BCUT2D eigenvalue weighted by Crippen LogP contribution is -2.24. The molecule has 19 heavy (non-hydrogen) atoms. The summed E-state index contributed by atoms with van der Waals surface area (Å²) in [6.45, 7) is 1.77. The van der Waals surface area contributed by atoms with Crippen LogP contribution < -0.4 is 0 Å². The highest BCUT2D eigenvalue weighted by Crippen LogP contribution is 2.29. The van der Waals surface area contributed by atoms with Gasteiger partial charge in [0.2, 0.25) is 0 Å². The van der Waals surface area contributed by atoms with Crippen molar-refractivity contribution in [3.8, 4) is 6.07 Å². The predicted octanol–water partition coefficient (Wildman–Crippen LogP) is 3.32. The van der Waals surface area contributed by atoms with Crippen LogP contribution in [0.15, 0.2) is 47.1 Å². The van der Waals surface area contributed by atoms with Crippen molar-refractivity contribution in [2.75, 3.05) is 0 Å². The molecule has 0 N–H and O–H groups in total. The minimum Gasteiger partial charge on any atom is -0.468 e. The van der Waals surface area contributed by atoms with Gasteiger partial charge in [-0.15, -0.1) is 0 Å². The van der Waals surface area contributed by atoms with E-state index in [1.807, 2.05) is 36.4 Å². The molecule has 96 valence electrons. The SMILES string of the molecule is N#Cc1ccc(CN(Cc2ccco2)C2CC2)cc1. The summed E-state index contributed by atoms with van der Waals surface area (Å²) in [5.41, 5.74) is 1.96. The first-order valence-electron chi connectivity index (χ1n) is 6.60. The van der Waals surface area contributed by atoms with Crippen LogP contribution in [0.3, 0.4) is 0 Å². The summed E-state index contributed by atoms with van der Waals surface area (Å²) >= 11 is 0. The van der Waals surface area contributed by atoms with Crippen LogP contribution in [0.5, 0.6) is 0 Å². The van der Waals surface area contributed by atoms with Crippen molar-refractivity contribution in [3.63, 3.8) is 0 Å². The average molecular weight is 252 g/mol. The van der Waals surface area contributed by atoms with Gasteiger partial charge in [-0.1, -0.05) is 12.1 Å². The fourth-order valence-corrected chi connectivity index (χ4v) is 2.28. The molecule has 0 bridgehead atoms. The second-order valence-electron chi connectivity index (χ2n) is 5.02. The lowest BCUT2D eigenvalue weighted by Gasteiger charge is -2.20. The molecule has 2 aromatic rings. The summed E-state index contributed by atoms with van der Waals surface area (Å²) in [5.74, 6) is 1.01. The zero-order chi connectivity index (χ0) is 13.1. The molecule has 1 aliphatic carbocycles. The molecule has 3 heteroatoms. The van der Waals surface area contributed by atoms with Gasteiger partial charge >= 0.3 is 0 Å². The van der Waals surface area contributed by atoms with E-state index >= 15 is 0 Å². The summed E-state index contributed by atoms with van der Waals surface area (Å²) in [6, 6.07) is 14.6. The van der Waals surface area contributed by atoms with Crippen LogP contribution in [0.25, 0.3) is 0 Å². The molecule has 0 unspecified atom stereocenters. The molecule has 0 atom stereocenters. The third-order valence-corrected chi connectivity index (χ3v) is 3.47. The van der Waals surface area contributed by atoms with E-state index in [-0.39, 0.29) is 0 Å². The maximum atomic E-state index is 8.81. The second-order valence-corrected chi connectivity index (χ2v) is 5.02. The molecule has 1 heterocycles. The highest BCUT2D eigenvalue weighted by Gasteiger charge is 2.29. The average Bonchev–Trinajstić information content (AvgIpc) is 3.17. The first-order valence-corrected chi connectivity index (χ1v) is 6.60. The van der Waals surface area contributed by atoms with Crippen molar-refractivity contribution in [3.05, 3.63) is 59.5 Å². The Morgan fingerprint density at radius 2 is 1.95 bits per heavy atom. The van der Waals surface area contributed by atoms with Crippen molar-refractivity contribution in [2.24, 2.45) is 0 Å². The molecule has 0 aliphatic heterocycles. The lowest BCUT2D eigenvalue weighted by atomic mass is 10.1. The Balaban J connectivity index is 1.69. The maximum Gasteiger partial charge on any atom is 0.117 e. The number of furan rings is 1. The Morgan fingerprint density at radius 1 is 1.16 bits per heavy atom. The van der Waals surface area contributed by atoms with Gasteiger partial charge in [0.15, 0.2) is 0 Å².